The molecular weight excluding hydrogens is 285 g/mol. The highest BCUT2D eigenvalue weighted by molar-refractivity contribution is 7.99. The van der Waals surface area contributed by atoms with Gasteiger partial charge in [-0.2, -0.15) is 0 Å². The molecule has 2 rings (SSSR count). The number of hydrogen-bond acceptors (Lipinski definition) is 4. The van der Waals surface area contributed by atoms with Gasteiger partial charge >= 0.3 is 5.97 Å². The predicted molar refractivity (Wildman–Crippen MR) is 70.6 cm³/mol. The van der Waals surface area contributed by atoms with Crippen LogP contribution in [-0.2, 0) is 0 Å². The van der Waals surface area contributed by atoms with Crippen molar-refractivity contribution in [2.24, 2.45) is 0 Å². The first-order valence-corrected chi connectivity index (χ1v) is 6.25. The largest absolute Gasteiger partial charge is 0.478 e. The number of carbonyl (C=O) groups is 1. The van der Waals surface area contributed by atoms with Gasteiger partial charge in [0, 0.05) is 11.0 Å². The second kappa shape index (κ2) is 5.70. The maximum Gasteiger partial charge on any atom is 0.337 e. The Kier molecular flexibility index (Phi) is 3.99. The van der Waals surface area contributed by atoms with E-state index in [1.54, 1.807) is 6.07 Å². The van der Waals surface area contributed by atoms with Crippen LogP contribution < -0.4 is 0 Å². The van der Waals surface area contributed by atoms with Gasteiger partial charge in [0.05, 0.1) is 10.5 Å². The van der Waals surface area contributed by atoms with Gasteiger partial charge in [-0.3, -0.25) is 10.1 Å². The Balaban J connectivity index is 2.53. The second-order valence-electron chi connectivity index (χ2n) is 3.78. The summed E-state index contributed by atoms with van der Waals surface area (Å²) in [5.74, 6) is -1.77. The van der Waals surface area contributed by atoms with Crippen LogP contribution >= 0.6 is 11.8 Å². The van der Waals surface area contributed by atoms with Gasteiger partial charge in [0.15, 0.2) is 0 Å². The Morgan fingerprint density at radius 2 is 1.95 bits per heavy atom. The molecule has 2 aromatic carbocycles. The Hall–Kier alpha value is -2.41. The molecule has 0 amide bonds. The first-order valence-electron chi connectivity index (χ1n) is 5.43. The smallest absolute Gasteiger partial charge is 0.337 e. The minimum absolute atomic E-state index is 0.0180. The van der Waals surface area contributed by atoms with E-state index in [4.69, 9.17) is 5.11 Å². The SMILES string of the molecule is O=C(O)c1cccc([N+](=O)[O-])c1Sc1cccc(F)c1. The van der Waals surface area contributed by atoms with Crippen LogP contribution in [0.2, 0.25) is 0 Å². The first kappa shape index (κ1) is 14.0. The molecule has 0 atom stereocenters. The topological polar surface area (TPSA) is 80.4 Å². The summed E-state index contributed by atoms with van der Waals surface area (Å²) in [7, 11) is 0. The highest BCUT2D eigenvalue weighted by Crippen LogP contribution is 2.37. The van der Waals surface area contributed by atoms with Crippen molar-refractivity contribution in [1.29, 1.82) is 0 Å². The molecule has 0 aliphatic carbocycles. The summed E-state index contributed by atoms with van der Waals surface area (Å²) in [4.78, 5) is 21.8. The standard InChI is InChI=1S/C13H8FNO4S/c14-8-3-1-4-9(7-8)20-12-10(13(16)17)5-2-6-11(12)15(18)19/h1-7H,(H,16,17). The highest BCUT2D eigenvalue weighted by atomic mass is 32.2. The molecule has 7 heteroatoms. The third kappa shape index (κ3) is 2.94. The minimum Gasteiger partial charge on any atom is -0.478 e. The number of carboxylic acid groups (broad SMARTS) is 1. The molecular formula is C13H8FNO4S. The highest BCUT2D eigenvalue weighted by Gasteiger charge is 2.22. The number of nitrogens with zero attached hydrogens (tertiary/aromatic N) is 1. The van der Waals surface area contributed by atoms with Crippen molar-refractivity contribution in [2.75, 3.05) is 0 Å². The molecule has 1 N–H and O–H groups in total. The molecule has 2 aromatic rings. The summed E-state index contributed by atoms with van der Waals surface area (Å²) in [6.07, 6.45) is 0. The molecule has 20 heavy (non-hydrogen) atoms. The molecule has 0 aromatic heterocycles. The van der Waals surface area contributed by atoms with Crippen molar-refractivity contribution in [3.8, 4) is 0 Å². The molecule has 0 bridgehead atoms. The van der Waals surface area contributed by atoms with Gasteiger partial charge in [-0.05, 0) is 24.3 Å². The lowest BCUT2D eigenvalue weighted by atomic mass is 10.2. The van der Waals surface area contributed by atoms with Crippen LogP contribution in [0.4, 0.5) is 10.1 Å². The fourth-order valence-corrected chi connectivity index (χ4v) is 2.66. The Bertz CT molecular complexity index is 658. The fraction of sp³-hybridized carbons (Fsp3) is 0. The zero-order valence-corrected chi connectivity index (χ0v) is 10.8. The summed E-state index contributed by atoms with van der Waals surface area (Å²) in [5.41, 5.74) is -0.507. The normalized spacial score (nSPS) is 10.2. The number of aromatic carboxylic acids is 1. The number of rotatable bonds is 4. The van der Waals surface area contributed by atoms with Crippen molar-refractivity contribution in [3.63, 3.8) is 0 Å². The summed E-state index contributed by atoms with van der Waals surface area (Å²) in [6, 6.07) is 9.22. The molecule has 0 aliphatic rings. The number of benzene rings is 2. The van der Waals surface area contributed by atoms with Crippen molar-refractivity contribution in [1.82, 2.24) is 0 Å². The van der Waals surface area contributed by atoms with E-state index in [9.17, 15) is 19.3 Å². The lowest BCUT2D eigenvalue weighted by Gasteiger charge is -2.06. The van der Waals surface area contributed by atoms with Gasteiger partial charge in [0.25, 0.3) is 5.69 Å². The van der Waals surface area contributed by atoms with Crippen LogP contribution in [0.15, 0.2) is 52.3 Å². The number of carboxylic acids is 1. The van der Waals surface area contributed by atoms with Gasteiger partial charge in [0.2, 0.25) is 0 Å². The minimum atomic E-state index is -1.27. The summed E-state index contributed by atoms with van der Waals surface area (Å²) in [6.45, 7) is 0. The third-order valence-corrected chi connectivity index (χ3v) is 3.56. The summed E-state index contributed by atoms with van der Waals surface area (Å²) >= 11 is 0.849. The van der Waals surface area contributed by atoms with Crippen LogP contribution in [0.3, 0.4) is 0 Å². The monoisotopic (exact) mass is 293 g/mol. The van der Waals surface area contributed by atoms with E-state index in [0.29, 0.717) is 4.90 Å². The summed E-state index contributed by atoms with van der Waals surface area (Å²) < 4.78 is 13.1. The van der Waals surface area contributed by atoms with Crippen LogP contribution in [-0.4, -0.2) is 16.0 Å². The van der Waals surface area contributed by atoms with E-state index in [0.717, 1.165) is 11.8 Å². The van der Waals surface area contributed by atoms with Crippen molar-refractivity contribution in [2.45, 2.75) is 9.79 Å². The van der Waals surface area contributed by atoms with Crippen molar-refractivity contribution >= 4 is 23.4 Å². The lowest BCUT2D eigenvalue weighted by molar-refractivity contribution is -0.387. The zero-order valence-electron chi connectivity index (χ0n) is 9.95. The van der Waals surface area contributed by atoms with Gasteiger partial charge in [-0.25, -0.2) is 9.18 Å². The van der Waals surface area contributed by atoms with Gasteiger partial charge < -0.3 is 5.11 Å². The zero-order chi connectivity index (χ0) is 14.7. The Morgan fingerprint density at radius 3 is 2.55 bits per heavy atom. The van der Waals surface area contributed by atoms with Crippen LogP contribution in [0, 0.1) is 15.9 Å². The van der Waals surface area contributed by atoms with Gasteiger partial charge in [0.1, 0.15) is 10.7 Å². The molecule has 0 aliphatic heterocycles. The third-order valence-electron chi connectivity index (χ3n) is 2.44. The Morgan fingerprint density at radius 1 is 1.25 bits per heavy atom. The molecule has 5 nitrogen and oxygen atoms in total. The number of halogens is 1. The van der Waals surface area contributed by atoms with Crippen LogP contribution in [0.5, 0.6) is 0 Å². The number of hydrogen-bond donors (Lipinski definition) is 1. The fourth-order valence-electron chi connectivity index (χ4n) is 1.59. The first-order chi connectivity index (χ1) is 9.49. The van der Waals surface area contributed by atoms with Crippen LogP contribution in [0.25, 0.3) is 0 Å². The average Bonchev–Trinajstić information content (AvgIpc) is 2.38. The second-order valence-corrected chi connectivity index (χ2v) is 4.86. The van der Waals surface area contributed by atoms with E-state index in [1.807, 2.05) is 0 Å². The van der Waals surface area contributed by atoms with E-state index >= 15 is 0 Å². The quantitative estimate of drug-likeness (QED) is 0.688. The predicted octanol–water partition coefficient (Wildman–Crippen LogP) is 3.58. The van der Waals surface area contributed by atoms with E-state index in [2.05, 4.69) is 0 Å². The molecule has 0 saturated heterocycles. The van der Waals surface area contributed by atoms with Gasteiger partial charge in [-0.1, -0.05) is 23.9 Å². The maximum absolute atomic E-state index is 13.1. The maximum atomic E-state index is 13.1. The molecule has 0 unspecified atom stereocenters. The van der Waals surface area contributed by atoms with E-state index < -0.39 is 16.7 Å². The van der Waals surface area contributed by atoms with E-state index in [1.165, 1.54) is 36.4 Å². The van der Waals surface area contributed by atoms with Crippen molar-refractivity contribution in [3.05, 3.63) is 64.0 Å². The molecule has 0 fully saturated rings. The van der Waals surface area contributed by atoms with Crippen molar-refractivity contribution < 1.29 is 19.2 Å². The number of nitro benzene ring substituents is 1. The molecule has 0 spiro atoms. The molecule has 0 saturated carbocycles. The molecule has 0 heterocycles. The average molecular weight is 293 g/mol. The molecule has 0 radical (unpaired) electrons. The summed E-state index contributed by atoms with van der Waals surface area (Å²) in [5, 5.41) is 20.1. The van der Waals surface area contributed by atoms with Gasteiger partial charge in [-0.15, -0.1) is 0 Å². The van der Waals surface area contributed by atoms with Crippen LogP contribution in [0.1, 0.15) is 10.4 Å². The Labute approximate surface area is 117 Å². The number of nitro groups is 1. The van der Waals surface area contributed by atoms with E-state index in [-0.39, 0.29) is 16.1 Å². The molecule has 102 valence electrons. The lowest BCUT2D eigenvalue weighted by Crippen LogP contribution is -2.02.